The Balaban J connectivity index is 2.57. The van der Waals surface area contributed by atoms with Crippen LogP contribution in [0.2, 0.25) is 0 Å². The van der Waals surface area contributed by atoms with Crippen molar-refractivity contribution in [2.75, 3.05) is 0 Å². The Morgan fingerprint density at radius 2 is 1.38 bits per heavy atom. The van der Waals surface area contributed by atoms with Gasteiger partial charge >= 0.3 is 0 Å². The molecule has 0 aliphatic rings. The van der Waals surface area contributed by atoms with Gasteiger partial charge in [-0.05, 0) is 5.56 Å². The summed E-state index contributed by atoms with van der Waals surface area (Å²) in [6.45, 7) is 0. The first kappa shape index (κ1) is 10.9. The van der Waals surface area contributed by atoms with E-state index in [4.69, 9.17) is 0 Å². The summed E-state index contributed by atoms with van der Waals surface area (Å²) < 4.78 is 27.1. The van der Waals surface area contributed by atoms with Crippen LogP contribution >= 0.6 is 0 Å². The molecule has 0 bridgehead atoms. The zero-order valence-corrected chi connectivity index (χ0v) is 9.22. The van der Waals surface area contributed by atoms with Gasteiger partial charge < -0.3 is 0 Å². The molecular weight excluding hydrogens is 204 g/mol. The first-order chi connectivity index (χ1) is 7.59. The summed E-state index contributed by atoms with van der Waals surface area (Å²) in [6.07, 6.45) is 0. The molecule has 0 aromatic heterocycles. The minimum absolute atomic E-state index is 0.308. The third-order valence-electron chi connectivity index (χ3n) is 2.64. The zero-order valence-electron chi connectivity index (χ0n) is 9.22. The highest BCUT2D eigenvalue weighted by molar-refractivity contribution is 6.32. The standard InChI is InChI=1S/C12H10B2F2/c13-8-3-1-7(2-4-8)9-5-6-10(14)12(16)11(9)15/h1-6H,13-14H2. The lowest BCUT2D eigenvalue weighted by atomic mass is 9.90. The van der Waals surface area contributed by atoms with Crippen LogP contribution in [0.1, 0.15) is 0 Å². The Labute approximate surface area is 95.1 Å². The maximum atomic E-state index is 13.7. The number of halogens is 2. The molecule has 0 nitrogen and oxygen atoms in total. The van der Waals surface area contributed by atoms with Crippen molar-refractivity contribution in [1.82, 2.24) is 0 Å². The van der Waals surface area contributed by atoms with E-state index < -0.39 is 11.6 Å². The third-order valence-corrected chi connectivity index (χ3v) is 2.64. The van der Waals surface area contributed by atoms with Crippen LogP contribution in [0.5, 0.6) is 0 Å². The molecule has 78 valence electrons. The van der Waals surface area contributed by atoms with Gasteiger partial charge in [-0.15, -0.1) is 0 Å². The lowest BCUT2D eigenvalue weighted by Gasteiger charge is -2.06. The molecule has 4 heteroatoms. The van der Waals surface area contributed by atoms with Crippen molar-refractivity contribution in [3.8, 4) is 11.1 Å². The summed E-state index contributed by atoms with van der Waals surface area (Å²) in [7, 11) is 3.51. The van der Waals surface area contributed by atoms with E-state index in [0.717, 1.165) is 5.46 Å². The average molecular weight is 214 g/mol. The van der Waals surface area contributed by atoms with Gasteiger partial charge in [0.05, 0.1) is 0 Å². The van der Waals surface area contributed by atoms with Crippen LogP contribution in [0, 0.1) is 11.6 Å². The summed E-state index contributed by atoms with van der Waals surface area (Å²) in [6, 6.07) is 10.6. The molecule has 0 amide bonds. The van der Waals surface area contributed by atoms with Crippen molar-refractivity contribution < 1.29 is 8.78 Å². The zero-order chi connectivity index (χ0) is 11.7. The Hall–Kier alpha value is -1.57. The van der Waals surface area contributed by atoms with Crippen molar-refractivity contribution in [2.24, 2.45) is 0 Å². The number of benzene rings is 2. The number of hydrogen-bond acceptors (Lipinski definition) is 0. The highest BCUT2D eigenvalue weighted by Gasteiger charge is 2.11. The lowest BCUT2D eigenvalue weighted by Crippen LogP contribution is -2.11. The minimum atomic E-state index is -0.774. The third kappa shape index (κ3) is 1.87. The molecule has 2 aromatic carbocycles. The molecule has 0 aliphatic carbocycles. The highest BCUT2D eigenvalue weighted by atomic mass is 19.2. The Morgan fingerprint density at radius 1 is 0.750 bits per heavy atom. The first-order valence-electron chi connectivity index (χ1n) is 5.11. The van der Waals surface area contributed by atoms with E-state index >= 15 is 0 Å². The van der Waals surface area contributed by atoms with Crippen LogP contribution in [0.3, 0.4) is 0 Å². The second-order valence-electron chi connectivity index (χ2n) is 3.92. The normalized spacial score (nSPS) is 10.4. The van der Waals surface area contributed by atoms with Gasteiger partial charge in [0.1, 0.15) is 15.7 Å². The molecule has 0 atom stereocenters. The van der Waals surface area contributed by atoms with Gasteiger partial charge in [-0.1, -0.05) is 47.3 Å². The van der Waals surface area contributed by atoms with Gasteiger partial charge in [0.2, 0.25) is 0 Å². The summed E-state index contributed by atoms with van der Waals surface area (Å²) >= 11 is 0. The summed E-state index contributed by atoms with van der Waals surface area (Å²) in [5, 5.41) is 0. The molecule has 2 aromatic rings. The Kier molecular flexibility index (Phi) is 2.82. The number of rotatable bonds is 1. The van der Waals surface area contributed by atoms with Gasteiger partial charge in [0.15, 0.2) is 11.6 Å². The van der Waals surface area contributed by atoms with E-state index in [0.29, 0.717) is 16.6 Å². The molecule has 2 rings (SSSR count). The molecule has 0 N–H and O–H groups in total. The fraction of sp³-hybridized carbons (Fsp3) is 0. The molecule has 0 fully saturated rings. The van der Waals surface area contributed by atoms with Gasteiger partial charge in [-0.3, -0.25) is 0 Å². The largest absolute Gasteiger partial charge is 0.204 e. The van der Waals surface area contributed by atoms with E-state index in [-0.39, 0.29) is 0 Å². The van der Waals surface area contributed by atoms with E-state index in [1.807, 2.05) is 20.0 Å². The quantitative estimate of drug-likeness (QED) is 0.592. The lowest BCUT2D eigenvalue weighted by molar-refractivity contribution is 0.517. The number of hydrogen-bond donors (Lipinski definition) is 0. The van der Waals surface area contributed by atoms with E-state index in [9.17, 15) is 8.78 Å². The fourth-order valence-electron chi connectivity index (χ4n) is 1.60. The predicted octanol–water partition coefficient (Wildman–Crippen LogP) is 0.149. The van der Waals surface area contributed by atoms with Crippen molar-refractivity contribution >= 4 is 26.6 Å². The van der Waals surface area contributed by atoms with E-state index in [2.05, 4.69) is 0 Å². The van der Waals surface area contributed by atoms with E-state index in [1.54, 1.807) is 32.1 Å². The van der Waals surface area contributed by atoms with Gasteiger partial charge in [-0.25, -0.2) is 8.78 Å². The smallest absolute Gasteiger partial charge is 0.166 e. The second-order valence-corrected chi connectivity index (χ2v) is 3.92. The SMILES string of the molecule is Bc1ccc(-c2ccc(B)c(F)c2F)cc1. The second kappa shape index (κ2) is 4.12. The van der Waals surface area contributed by atoms with Crippen LogP contribution in [-0.2, 0) is 0 Å². The molecule has 0 saturated carbocycles. The monoisotopic (exact) mass is 214 g/mol. The van der Waals surface area contributed by atoms with Crippen molar-refractivity contribution in [2.45, 2.75) is 0 Å². The van der Waals surface area contributed by atoms with Crippen LogP contribution in [0.15, 0.2) is 36.4 Å². The average Bonchev–Trinajstić information content (AvgIpc) is 2.28. The van der Waals surface area contributed by atoms with Gasteiger partial charge in [0, 0.05) is 5.56 Å². The molecule has 0 unspecified atom stereocenters. The summed E-state index contributed by atoms with van der Waals surface area (Å²) in [5.74, 6) is -1.54. The van der Waals surface area contributed by atoms with Crippen LogP contribution < -0.4 is 10.9 Å². The molecule has 0 saturated heterocycles. The van der Waals surface area contributed by atoms with Crippen LogP contribution in [0.4, 0.5) is 8.78 Å². The maximum absolute atomic E-state index is 13.7. The summed E-state index contributed by atoms with van der Waals surface area (Å²) in [5.41, 5.74) is 2.43. The van der Waals surface area contributed by atoms with Crippen molar-refractivity contribution in [3.05, 3.63) is 48.0 Å². The van der Waals surface area contributed by atoms with E-state index in [1.165, 1.54) is 0 Å². The Morgan fingerprint density at radius 3 is 2.00 bits per heavy atom. The topological polar surface area (TPSA) is 0 Å². The molecule has 0 spiro atoms. The summed E-state index contributed by atoms with van der Waals surface area (Å²) in [4.78, 5) is 0. The molecular formula is C12H10B2F2. The molecule has 0 heterocycles. The minimum Gasteiger partial charge on any atom is -0.204 e. The molecule has 16 heavy (non-hydrogen) atoms. The van der Waals surface area contributed by atoms with Crippen LogP contribution in [-0.4, -0.2) is 15.7 Å². The first-order valence-corrected chi connectivity index (χ1v) is 5.11. The van der Waals surface area contributed by atoms with Crippen LogP contribution in [0.25, 0.3) is 11.1 Å². The fourth-order valence-corrected chi connectivity index (χ4v) is 1.60. The predicted molar refractivity (Wildman–Crippen MR) is 68.2 cm³/mol. The highest BCUT2D eigenvalue weighted by Crippen LogP contribution is 2.22. The maximum Gasteiger partial charge on any atom is 0.166 e. The molecule has 0 radical (unpaired) electrons. The van der Waals surface area contributed by atoms with Crippen molar-refractivity contribution in [3.63, 3.8) is 0 Å². The van der Waals surface area contributed by atoms with Gasteiger partial charge in [0.25, 0.3) is 0 Å². The molecule has 0 aliphatic heterocycles. The van der Waals surface area contributed by atoms with Gasteiger partial charge in [-0.2, -0.15) is 0 Å². The van der Waals surface area contributed by atoms with Crippen molar-refractivity contribution in [1.29, 1.82) is 0 Å². The Bertz CT molecular complexity index is 521.